The standard InChI is InChI=1S/C10H19N3O2S/c1-3-5-11-10-12-9(13-16-10)4-6-15-8-7-14-2/h3-8H2,1-2H3,(H,11,12,13). The lowest BCUT2D eigenvalue weighted by Crippen LogP contribution is -2.06. The molecule has 6 heteroatoms. The zero-order valence-corrected chi connectivity index (χ0v) is 10.7. The van der Waals surface area contributed by atoms with Gasteiger partial charge in [-0.25, -0.2) is 4.98 Å². The Kier molecular flexibility index (Phi) is 7.03. The number of nitrogens with one attached hydrogen (secondary N) is 1. The van der Waals surface area contributed by atoms with Gasteiger partial charge in [-0.3, -0.25) is 0 Å². The van der Waals surface area contributed by atoms with Crippen LogP contribution in [0.5, 0.6) is 0 Å². The van der Waals surface area contributed by atoms with Crippen molar-refractivity contribution >= 4 is 16.7 Å². The van der Waals surface area contributed by atoms with Crippen molar-refractivity contribution in [3.63, 3.8) is 0 Å². The summed E-state index contributed by atoms with van der Waals surface area (Å²) in [5.74, 6) is 0.848. The largest absolute Gasteiger partial charge is 0.382 e. The van der Waals surface area contributed by atoms with E-state index in [-0.39, 0.29) is 0 Å². The van der Waals surface area contributed by atoms with E-state index in [2.05, 4.69) is 21.6 Å². The van der Waals surface area contributed by atoms with Crippen LogP contribution in [-0.4, -0.2) is 42.8 Å². The summed E-state index contributed by atoms with van der Waals surface area (Å²) in [4.78, 5) is 4.35. The predicted octanol–water partition coefficient (Wildman–Crippen LogP) is 1.57. The molecule has 0 aromatic carbocycles. The number of hydrogen-bond acceptors (Lipinski definition) is 6. The van der Waals surface area contributed by atoms with Crippen LogP contribution in [0.3, 0.4) is 0 Å². The van der Waals surface area contributed by atoms with Crippen LogP contribution in [0.1, 0.15) is 19.2 Å². The van der Waals surface area contributed by atoms with Crippen molar-refractivity contribution in [3.8, 4) is 0 Å². The lowest BCUT2D eigenvalue weighted by molar-refractivity contribution is 0.0717. The van der Waals surface area contributed by atoms with Crippen LogP contribution in [0.2, 0.25) is 0 Å². The highest BCUT2D eigenvalue weighted by molar-refractivity contribution is 7.09. The fraction of sp³-hybridized carbons (Fsp3) is 0.800. The van der Waals surface area contributed by atoms with Gasteiger partial charge in [-0.1, -0.05) is 6.92 Å². The van der Waals surface area contributed by atoms with Gasteiger partial charge >= 0.3 is 0 Å². The second-order valence-corrected chi connectivity index (χ2v) is 4.05. The highest BCUT2D eigenvalue weighted by Gasteiger charge is 2.02. The molecule has 0 radical (unpaired) electrons. The number of hydrogen-bond donors (Lipinski definition) is 1. The summed E-state index contributed by atoms with van der Waals surface area (Å²) < 4.78 is 14.5. The van der Waals surface area contributed by atoms with Gasteiger partial charge in [0.25, 0.3) is 0 Å². The van der Waals surface area contributed by atoms with Crippen molar-refractivity contribution < 1.29 is 9.47 Å². The van der Waals surface area contributed by atoms with Crippen LogP contribution in [0.4, 0.5) is 5.13 Å². The third-order valence-electron chi connectivity index (χ3n) is 1.90. The molecule has 1 N–H and O–H groups in total. The predicted molar refractivity (Wildman–Crippen MR) is 65.1 cm³/mol. The van der Waals surface area contributed by atoms with Gasteiger partial charge in [0.1, 0.15) is 5.82 Å². The summed E-state index contributed by atoms with van der Waals surface area (Å²) in [7, 11) is 1.66. The van der Waals surface area contributed by atoms with Crippen LogP contribution >= 0.6 is 11.5 Å². The van der Waals surface area contributed by atoms with Crippen LogP contribution in [-0.2, 0) is 15.9 Å². The lowest BCUT2D eigenvalue weighted by Gasteiger charge is -2.00. The molecule has 0 spiro atoms. The first-order valence-corrected chi connectivity index (χ1v) is 6.27. The summed E-state index contributed by atoms with van der Waals surface area (Å²) in [6.07, 6.45) is 1.85. The molecule has 0 bridgehead atoms. The maximum absolute atomic E-state index is 5.35. The quantitative estimate of drug-likeness (QED) is 0.669. The molecule has 1 rings (SSSR count). The van der Waals surface area contributed by atoms with Gasteiger partial charge in [-0.15, -0.1) is 0 Å². The van der Waals surface area contributed by atoms with Crippen molar-refractivity contribution in [2.75, 3.05) is 38.8 Å². The zero-order chi connectivity index (χ0) is 11.6. The van der Waals surface area contributed by atoms with E-state index < -0.39 is 0 Å². The van der Waals surface area contributed by atoms with Crippen LogP contribution < -0.4 is 5.32 Å². The average molecular weight is 245 g/mol. The molecule has 0 aliphatic rings. The van der Waals surface area contributed by atoms with Crippen LogP contribution in [0.25, 0.3) is 0 Å². The van der Waals surface area contributed by atoms with Crippen molar-refractivity contribution in [1.82, 2.24) is 9.36 Å². The molecule has 1 heterocycles. The summed E-state index contributed by atoms with van der Waals surface area (Å²) >= 11 is 1.41. The second kappa shape index (κ2) is 8.43. The highest BCUT2D eigenvalue weighted by atomic mass is 32.1. The van der Waals surface area contributed by atoms with Gasteiger partial charge in [-0.2, -0.15) is 4.37 Å². The third kappa shape index (κ3) is 5.39. The third-order valence-corrected chi connectivity index (χ3v) is 2.61. The minimum Gasteiger partial charge on any atom is -0.382 e. The number of anilines is 1. The number of aromatic nitrogens is 2. The Labute approximate surface area is 100 Å². The molecule has 1 aromatic rings. The molecule has 0 saturated carbocycles. The molecule has 0 amide bonds. The van der Waals surface area contributed by atoms with Crippen molar-refractivity contribution in [2.45, 2.75) is 19.8 Å². The van der Waals surface area contributed by atoms with E-state index in [0.717, 1.165) is 30.3 Å². The Balaban J connectivity index is 2.14. The van der Waals surface area contributed by atoms with Crippen molar-refractivity contribution in [2.24, 2.45) is 0 Å². The Morgan fingerprint density at radius 3 is 2.94 bits per heavy atom. The molecular formula is C10H19N3O2S. The molecule has 1 aromatic heterocycles. The normalized spacial score (nSPS) is 10.6. The maximum atomic E-state index is 5.35. The Morgan fingerprint density at radius 2 is 2.19 bits per heavy atom. The molecule has 16 heavy (non-hydrogen) atoms. The molecule has 0 atom stereocenters. The molecule has 0 aliphatic carbocycles. The molecule has 0 unspecified atom stereocenters. The minimum absolute atomic E-state index is 0.627. The van der Waals surface area contributed by atoms with Crippen LogP contribution in [0.15, 0.2) is 0 Å². The lowest BCUT2D eigenvalue weighted by atomic mass is 10.4. The van der Waals surface area contributed by atoms with E-state index in [1.807, 2.05) is 0 Å². The summed E-state index contributed by atoms with van der Waals surface area (Å²) in [6.45, 7) is 4.97. The first kappa shape index (κ1) is 13.3. The average Bonchev–Trinajstić information content (AvgIpc) is 2.74. The molecule has 0 aliphatic heterocycles. The topological polar surface area (TPSA) is 56.3 Å². The summed E-state index contributed by atoms with van der Waals surface area (Å²) in [5.41, 5.74) is 0. The fourth-order valence-corrected chi connectivity index (χ4v) is 1.70. The van der Waals surface area contributed by atoms with Crippen molar-refractivity contribution in [3.05, 3.63) is 5.82 Å². The Bertz CT molecular complexity index is 281. The molecule has 92 valence electrons. The van der Waals surface area contributed by atoms with Gasteiger partial charge in [0, 0.05) is 31.6 Å². The molecular weight excluding hydrogens is 226 g/mol. The van der Waals surface area contributed by atoms with Gasteiger partial charge in [0.05, 0.1) is 19.8 Å². The van der Waals surface area contributed by atoms with E-state index in [0.29, 0.717) is 19.8 Å². The number of rotatable bonds is 9. The van der Waals surface area contributed by atoms with E-state index in [1.165, 1.54) is 11.5 Å². The highest BCUT2D eigenvalue weighted by Crippen LogP contribution is 2.10. The zero-order valence-electron chi connectivity index (χ0n) is 9.86. The van der Waals surface area contributed by atoms with E-state index in [4.69, 9.17) is 9.47 Å². The minimum atomic E-state index is 0.627. The first-order chi connectivity index (χ1) is 7.86. The second-order valence-electron chi connectivity index (χ2n) is 3.30. The van der Waals surface area contributed by atoms with Gasteiger partial charge < -0.3 is 14.8 Å². The van der Waals surface area contributed by atoms with E-state index in [1.54, 1.807) is 7.11 Å². The van der Waals surface area contributed by atoms with Gasteiger partial charge in [-0.05, 0) is 6.42 Å². The van der Waals surface area contributed by atoms with E-state index in [9.17, 15) is 0 Å². The smallest absolute Gasteiger partial charge is 0.202 e. The monoisotopic (exact) mass is 245 g/mol. The van der Waals surface area contributed by atoms with Gasteiger partial charge in [0.2, 0.25) is 5.13 Å². The van der Waals surface area contributed by atoms with Crippen molar-refractivity contribution in [1.29, 1.82) is 0 Å². The number of methoxy groups -OCH3 is 1. The summed E-state index contributed by atoms with van der Waals surface area (Å²) in [5, 5.41) is 4.11. The van der Waals surface area contributed by atoms with Crippen LogP contribution in [0, 0.1) is 0 Å². The summed E-state index contributed by atoms with van der Waals surface area (Å²) in [6, 6.07) is 0. The molecule has 5 nitrogen and oxygen atoms in total. The van der Waals surface area contributed by atoms with E-state index >= 15 is 0 Å². The first-order valence-electron chi connectivity index (χ1n) is 5.50. The Morgan fingerprint density at radius 1 is 1.31 bits per heavy atom. The Hall–Kier alpha value is -0.720. The fourth-order valence-electron chi connectivity index (χ4n) is 1.07. The maximum Gasteiger partial charge on any atom is 0.202 e. The van der Waals surface area contributed by atoms with Gasteiger partial charge in [0.15, 0.2) is 0 Å². The SMILES string of the molecule is CCCNc1nc(CCOCCOC)ns1. The number of ether oxygens (including phenoxy) is 2. The molecule has 0 saturated heterocycles. The molecule has 0 fully saturated rings. The number of nitrogens with zero attached hydrogens (tertiary/aromatic N) is 2.